The zero-order chi connectivity index (χ0) is 19.2. The highest BCUT2D eigenvalue weighted by Gasteiger charge is 2.26. The molecule has 1 aliphatic heterocycles. The summed E-state index contributed by atoms with van der Waals surface area (Å²) in [6.07, 6.45) is 2.87. The van der Waals surface area contributed by atoms with Gasteiger partial charge in [-0.15, -0.1) is 0 Å². The van der Waals surface area contributed by atoms with Crippen LogP contribution in [0, 0.1) is 6.92 Å². The molecular weight excluding hydrogens is 356 g/mol. The number of methoxy groups -OCH3 is 1. The smallest absolute Gasteiger partial charge is 0.258 e. The van der Waals surface area contributed by atoms with Gasteiger partial charge in [-0.25, -0.2) is 8.42 Å². The Bertz CT molecular complexity index is 714. The summed E-state index contributed by atoms with van der Waals surface area (Å²) in [6, 6.07) is 4.65. The van der Waals surface area contributed by atoms with Gasteiger partial charge in [0.2, 0.25) is 10.0 Å². The normalized spacial score (nSPS) is 16.9. The van der Waals surface area contributed by atoms with Gasteiger partial charge in [-0.1, -0.05) is 6.42 Å². The number of rotatable bonds is 8. The Balaban J connectivity index is 1.99. The number of hydrogen-bond acceptors (Lipinski definition) is 5. The number of aryl methyl sites for hydroxylation is 1. The molecule has 1 aliphatic rings. The van der Waals surface area contributed by atoms with E-state index in [2.05, 4.69) is 5.32 Å². The first-order valence-electron chi connectivity index (χ1n) is 8.86. The first-order valence-corrected chi connectivity index (χ1v) is 10.3. The first-order chi connectivity index (χ1) is 12.3. The number of piperidine rings is 1. The lowest BCUT2D eigenvalue weighted by molar-refractivity contribution is -0.124. The lowest BCUT2D eigenvalue weighted by Crippen LogP contribution is -2.38. The summed E-state index contributed by atoms with van der Waals surface area (Å²) in [7, 11) is -1.90. The number of nitrogens with zero attached hydrogens (tertiary/aromatic N) is 1. The Kier molecular flexibility index (Phi) is 7.43. The van der Waals surface area contributed by atoms with Crippen molar-refractivity contribution in [3.05, 3.63) is 23.8 Å². The molecule has 1 aromatic rings. The van der Waals surface area contributed by atoms with E-state index in [0.29, 0.717) is 31.0 Å². The Morgan fingerprint density at radius 1 is 1.27 bits per heavy atom. The largest absolute Gasteiger partial charge is 0.484 e. The highest BCUT2D eigenvalue weighted by atomic mass is 32.2. The van der Waals surface area contributed by atoms with E-state index in [1.807, 2.05) is 6.92 Å². The average Bonchev–Trinajstić information content (AvgIpc) is 2.61. The summed E-state index contributed by atoms with van der Waals surface area (Å²) in [6.45, 7) is 5.04. The number of benzene rings is 1. The van der Waals surface area contributed by atoms with E-state index in [1.54, 1.807) is 26.2 Å². The van der Waals surface area contributed by atoms with Gasteiger partial charge in [0, 0.05) is 26.2 Å². The van der Waals surface area contributed by atoms with Crippen molar-refractivity contribution in [3.63, 3.8) is 0 Å². The van der Waals surface area contributed by atoms with Gasteiger partial charge in [0.1, 0.15) is 5.75 Å². The second kappa shape index (κ2) is 9.34. The van der Waals surface area contributed by atoms with Crippen molar-refractivity contribution in [2.45, 2.75) is 44.0 Å². The standard InChI is InChI=1S/C18H28N2O5S/c1-14-11-16(26(22,23)20-9-5-4-6-10-20)7-8-17(14)25-13-18(21)19-15(2)12-24-3/h7-8,11,15H,4-6,9-10,12-13H2,1-3H3,(H,19,21)/t15-/m0/s1. The summed E-state index contributed by atoms with van der Waals surface area (Å²) >= 11 is 0. The summed E-state index contributed by atoms with van der Waals surface area (Å²) in [4.78, 5) is 12.1. The molecule has 7 nitrogen and oxygen atoms in total. The summed E-state index contributed by atoms with van der Waals surface area (Å²) in [5, 5.41) is 2.76. The maximum absolute atomic E-state index is 12.7. The van der Waals surface area contributed by atoms with Crippen LogP contribution in [0.1, 0.15) is 31.7 Å². The summed E-state index contributed by atoms with van der Waals surface area (Å²) in [5.41, 5.74) is 0.681. The number of hydrogen-bond donors (Lipinski definition) is 1. The Labute approximate surface area is 155 Å². The molecule has 0 radical (unpaired) electrons. The molecule has 1 aromatic carbocycles. The minimum Gasteiger partial charge on any atom is -0.484 e. The topological polar surface area (TPSA) is 84.9 Å². The van der Waals surface area contributed by atoms with E-state index in [-0.39, 0.29) is 23.5 Å². The fourth-order valence-corrected chi connectivity index (χ4v) is 4.55. The SMILES string of the molecule is COC[C@H](C)NC(=O)COc1ccc(S(=O)(=O)N2CCCCC2)cc1C. The third-order valence-corrected chi connectivity index (χ3v) is 6.18. The number of amides is 1. The molecule has 0 aromatic heterocycles. The zero-order valence-electron chi connectivity index (χ0n) is 15.7. The number of ether oxygens (including phenoxy) is 2. The molecule has 146 valence electrons. The van der Waals surface area contributed by atoms with Crippen LogP contribution in [-0.4, -0.2) is 58.1 Å². The monoisotopic (exact) mass is 384 g/mol. The van der Waals surface area contributed by atoms with Gasteiger partial charge in [-0.05, 0) is 50.5 Å². The predicted octanol–water partition coefficient (Wildman–Crippen LogP) is 1.70. The average molecular weight is 384 g/mol. The van der Waals surface area contributed by atoms with E-state index in [1.165, 1.54) is 10.4 Å². The van der Waals surface area contributed by atoms with Gasteiger partial charge >= 0.3 is 0 Å². The van der Waals surface area contributed by atoms with Crippen molar-refractivity contribution in [1.82, 2.24) is 9.62 Å². The van der Waals surface area contributed by atoms with Gasteiger partial charge in [-0.3, -0.25) is 4.79 Å². The predicted molar refractivity (Wildman–Crippen MR) is 98.8 cm³/mol. The number of carbonyl (C=O) groups excluding carboxylic acids is 1. The molecule has 0 spiro atoms. The van der Waals surface area contributed by atoms with Gasteiger partial charge in [-0.2, -0.15) is 4.31 Å². The van der Waals surface area contributed by atoms with Crippen molar-refractivity contribution < 1.29 is 22.7 Å². The Morgan fingerprint density at radius 3 is 2.58 bits per heavy atom. The van der Waals surface area contributed by atoms with Crippen LogP contribution in [0.3, 0.4) is 0 Å². The highest BCUT2D eigenvalue weighted by molar-refractivity contribution is 7.89. The molecule has 0 unspecified atom stereocenters. The molecule has 26 heavy (non-hydrogen) atoms. The molecular formula is C18H28N2O5S. The van der Waals surface area contributed by atoms with Crippen molar-refractivity contribution in [1.29, 1.82) is 0 Å². The van der Waals surface area contributed by atoms with Gasteiger partial charge in [0.05, 0.1) is 11.5 Å². The number of carbonyl (C=O) groups is 1. The lowest BCUT2D eigenvalue weighted by Gasteiger charge is -2.26. The van der Waals surface area contributed by atoms with E-state index < -0.39 is 10.0 Å². The minimum absolute atomic E-state index is 0.103. The van der Waals surface area contributed by atoms with Crippen LogP contribution in [0.25, 0.3) is 0 Å². The van der Waals surface area contributed by atoms with Gasteiger partial charge in [0.15, 0.2) is 6.61 Å². The van der Waals surface area contributed by atoms with Crippen molar-refractivity contribution in [2.24, 2.45) is 0 Å². The van der Waals surface area contributed by atoms with Crippen LogP contribution in [0.5, 0.6) is 5.75 Å². The molecule has 2 rings (SSSR count). The fourth-order valence-electron chi connectivity index (χ4n) is 2.95. The fraction of sp³-hybridized carbons (Fsp3) is 0.611. The van der Waals surface area contributed by atoms with Crippen LogP contribution in [0.15, 0.2) is 23.1 Å². The molecule has 0 saturated carbocycles. The van der Waals surface area contributed by atoms with Crippen molar-refractivity contribution >= 4 is 15.9 Å². The molecule has 1 heterocycles. The maximum Gasteiger partial charge on any atom is 0.258 e. The molecule has 1 fully saturated rings. The van der Waals surface area contributed by atoms with Crippen molar-refractivity contribution in [3.8, 4) is 5.75 Å². The number of sulfonamides is 1. The molecule has 1 atom stereocenters. The van der Waals surface area contributed by atoms with Crippen LogP contribution in [-0.2, 0) is 19.6 Å². The van der Waals surface area contributed by atoms with Crippen LogP contribution in [0.4, 0.5) is 0 Å². The second-order valence-corrected chi connectivity index (χ2v) is 8.54. The summed E-state index contributed by atoms with van der Waals surface area (Å²) < 4.78 is 37.5. The third-order valence-electron chi connectivity index (χ3n) is 4.28. The molecule has 1 N–H and O–H groups in total. The lowest BCUT2D eigenvalue weighted by atomic mass is 10.2. The van der Waals surface area contributed by atoms with Gasteiger partial charge < -0.3 is 14.8 Å². The Morgan fingerprint density at radius 2 is 1.96 bits per heavy atom. The van der Waals surface area contributed by atoms with E-state index in [0.717, 1.165) is 19.3 Å². The van der Waals surface area contributed by atoms with E-state index >= 15 is 0 Å². The molecule has 1 saturated heterocycles. The van der Waals surface area contributed by atoms with Gasteiger partial charge in [0.25, 0.3) is 5.91 Å². The van der Waals surface area contributed by atoms with E-state index in [9.17, 15) is 13.2 Å². The second-order valence-electron chi connectivity index (χ2n) is 6.60. The molecule has 8 heteroatoms. The zero-order valence-corrected chi connectivity index (χ0v) is 16.5. The quantitative estimate of drug-likeness (QED) is 0.737. The Hall–Kier alpha value is -1.64. The molecule has 1 amide bonds. The minimum atomic E-state index is -3.47. The maximum atomic E-state index is 12.7. The number of nitrogens with one attached hydrogen (secondary N) is 1. The van der Waals surface area contributed by atoms with Crippen LogP contribution in [0.2, 0.25) is 0 Å². The van der Waals surface area contributed by atoms with Crippen LogP contribution < -0.4 is 10.1 Å². The first kappa shape index (κ1) is 20.7. The van der Waals surface area contributed by atoms with Crippen LogP contribution >= 0.6 is 0 Å². The van der Waals surface area contributed by atoms with E-state index in [4.69, 9.17) is 9.47 Å². The highest BCUT2D eigenvalue weighted by Crippen LogP contribution is 2.25. The molecule has 0 aliphatic carbocycles. The summed E-state index contributed by atoms with van der Waals surface area (Å²) in [5.74, 6) is 0.246. The third kappa shape index (κ3) is 5.43. The molecule has 0 bridgehead atoms. The van der Waals surface area contributed by atoms with Crippen molar-refractivity contribution in [2.75, 3.05) is 33.4 Å².